The third-order valence-electron chi connectivity index (χ3n) is 5.00. The summed E-state index contributed by atoms with van der Waals surface area (Å²) in [5, 5.41) is 3.37. The number of nitrogens with one attached hydrogen (secondary N) is 1. The smallest absolute Gasteiger partial charge is 0.348 e. The van der Waals surface area contributed by atoms with Crippen LogP contribution < -0.4 is 15.8 Å². The maximum absolute atomic E-state index is 13.1. The molecule has 3 aromatic rings. The number of amides is 1. The van der Waals surface area contributed by atoms with Gasteiger partial charge in [0.2, 0.25) is 5.91 Å². The van der Waals surface area contributed by atoms with E-state index in [-0.39, 0.29) is 17.0 Å². The van der Waals surface area contributed by atoms with Crippen LogP contribution in [0.2, 0.25) is 0 Å². The van der Waals surface area contributed by atoms with Crippen molar-refractivity contribution in [1.82, 2.24) is 14.5 Å². The van der Waals surface area contributed by atoms with E-state index in [0.717, 1.165) is 48.9 Å². The van der Waals surface area contributed by atoms with Gasteiger partial charge in [-0.05, 0) is 31.9 Å². The number of alkyl halides is 3. The van der Waals surface area contributed by atoms with E-state index < -0.39 is 17.6 Å². The van der Waals surface area contributed by atoms with Gasteiger partial charge in [0, 0.05) is 19.6 Å². The molecule has 0 unspecified atom stereocenters. The van der Waals surface area contributed by atoms with Gasteiger partial charge in [-0.15, -0.1) is 0 Å². The molecule has 0 aliphatic carbocycles. The summed E-state index contributed by atoms with van der Waals surface area (Å²) in [7, 11) is 0. The van der Waals surface area contributed by atoms with Crippen molar-refractivity contribution in [3.05, 3.63) is 40.2 Å². The summed E-state index contributed by atoms with van der Waals surface area (Å²) in [5.41, 5.74) is -1.13. The maximum atomic E-state index is 13.1. The van der Waals surface area contributed by atoms with Gasteiger partial charge in [-0.3, -0.25) is 14.2 Å². The molecule has 0 atom stereocenters. The van der Waals surface area contributed by atoms with Crippen LogP contribution in [0.5, 0.6) is 0 Å². The minimum Gasteiger partial charge on any atom is -0.348 e. The third-order valence-corrected chi connectivity index (χ3v) is 7.07. The first kappa shape index (κ1) is 22.6. The number of carbonyl (C=O) groups is 1. The van der Waals surface area contributed by atoms with Crippen LogP contribution in [0, 0.1) is 0 Å². The topological polar surface area (TPSA) is 80.1 Å². The van der Waals surface area contributed by atoms with Crippen molar-refractivity contribution in [1.29, 1.82) is 0 Å². The van der Waals surface area contributed by atoms with E-state index in [2.05, 4.69) is 20.2 Å². The molecule has 1 saturated heterocycles. The molecule has 0 saturated carbocycles. The molecular formula is C20H20F3N5O2S2. The first-order valence-electron chi connectivity index (χ1n) is 10.0. The Bertz CT molecular complexity index is 1200. The van der Waals surface area contributed by atoms with Gasteiger partial charge < -0.3 is 10.2 Å². The number of hydrogen-bond acceptors (Lipinski definition) is 7. The minimum absolute atomic E-state index is 0.201. The van der Waals surface area contributed by atoms with Gasteiger partial charge in [0.15, 0.2) is 15.9 Å². The van der Waals surface area contributed by atoms with Crippen molar-refractivity contribution in [2.24, 2.45) is 0 Å². The lowest BCUT2D eigenvalue weighted by Crippen LogP contribution is -2.23. The Hall–Kier alpha value is -2.60. The first-order chi connectivity index (χ1) is 15.3. The lowest BCUT2D eigenvalue weighted by Gasteiger charge is -2.13. The summed E-state index contributed by atoms with van der Waals surface area (Å²) >= 11 is 2.31. The number of thiazole rings is 1. The van der Waals surface area contributed by atoms with E-state index >= 15 is 0 Å². The van der Waals surface area contributed by atoms with E-state index in [4.69, 9.17) is 0 Å². The van der Waals surface area contributed by atoms with Crippen molar-refractivity contribution >= 4 is 50.2 Å². The zero-order valence-corrected chi connectivity index (χ0v) is 18.7. The number of benzene rings is 1. The van der Waals surface area contributed by atoms with Crippen LogP contribution in [0.1, 0.15) is 25.3 Å². The standard InChI is InChI=1S/C20H20F3N5O2S2/c1-2-28-17(30)15-16(25-18(32-15)27-9-5-6-10-27)26-19(28)31-11-14(29)24-13-8-4-3-7-12(13)20(21,22)23/h3-4,7-8H,2,5-6,9-11H2,1H3,(H,24,29). The minimum atomic E-state index is -4.58. The number of nitrogens with zero attached hydrogens (tertiary/aromatic N) is 4. The molecule has 2 aromatic heterocycles. The molecule has 0 bridgehead atoms. The Morgan fingerprint density at radius 2 is 1.94 bits per heavy atom. The second kappa shape index (κ2) is 9.10. The first-order valence-corrected chi connectivity index (χ1v) is 11.8. The number of thioether (sulfide) groups is 1. The number of aromatic nitrogens is 3. The largest absolute Gasteiger partial charge is 0.418 e. The van der Waals surface area contributed by atoms with Crippen molar-refractivity contribution in [2.75, 3.05) is 29.1 Å². The average Bonchev–Trinajstić information content (AvgIpc) is 3.42. The average molecular weight is 484 g/mol. The molecule has 3 heterocycles. The monoisotopic (exact) mass is 483 g/mol. The number of carbonyl (C=O) groups excluding carboxylic acids is 1. The van der Waals surface area contributed by atoms with Crippen LogP contribution in [0.4, 0.5) is 24.0 Å². The molecule has 1 aromatic carbocycles. The lowest BCUT2D eigenvalue weighted by atomic mass is 10.1. The molecule has 12 heteroatoms. The summed E-state index contributed by atoms with van der Waals surface area (Å²) in [4.78, 5) is 36.4. The lowest BCUT2D eigenvalue weighted by molar-refractivity contribution is -0.137. The highest BCUT2D eigenvalue weighted by Crippen LogP contribution is 2.35. The molecule has 1 fully saturated rings. The molecule has 32 heavy (non-hydrogen) atoms. The number of para-hydroxylation sites is 1. The maximum Gasteiger partial charge on any atom is 0.418 e. The predicted molar refractivity (Wildman–Crippen MR) is 120 cm³/mol. The molecule has 4 rings (SSSR count). The van der Waals surface area contributed by atoms with E-state index in [1.165, 1.54) is 34.1 Å². The third kappa shape index (κ3) is 4.60. The normalized spacial score (nSPS) is 14.3. The molecule has 7 nitrogen and oxygen atoms in total. The van der Waals surface area contributed by atoms with Gasteiger partial charge in [0.1, 0.15) is 4.70 Å². The quantitative estimate of drug-likeness (QED) is 0.418. The Morgan fingerprint density at radius 3 is 2.62 bits per heavy atom. The van der Waals surface area contributed by atoms with E-state index in [1.807, 2.05) is 0 Å². The van der Waals surface area contributed by atoms with E-state index in [0.29, 0.717) is 22.0 Å². The van der Waals surface area contributed by atoms with Crippen LogP contribution in [-0.4, -0.2) is 39.3 Å². The van der Waals surface area contributed by atoms with Gasteiger partial charge in [0.05, 0.1) is 17.0 Å². The molecule has 0 spiro atoms. The van der Waals surface area contributed by atoms with Gasteiger partial charge in [0.25, 0.3) is 5.56 Å². The van der Waals surface area contributed by atoms with Crippen molar-refractivity contribution in [3.8, 4) is 0 Å². The van der Waals surface area contributed by atoms with Crippen LogP contribution in [0.15, 0.2) is 34.2 Å². The van der Waals surface area contributed by atoms with Crippen molar-refractivity contribution in [3.63, 3.8) is 0 Å². The van der Waals surface area contributed by atoms with Gasteiger partial charge in [-0.1, -0.05) is 35.2 Å². The van der Waals surface area contributed by atoms with Crippen molar-refractivity contribution in [2.45, 2.75) is 37.6 Å². The van der Waals surface area contributed by atoms with Crippen molar-refractivity contribution < 1.29 is 18.0 Å². The fourth-order valence-corrected chi connectivity index (χ4v) is 5.32. The number of rotatable bonds is 6. The summed E-state index contributed by atoms with van der Waals surface area (Å²) in [6.45, 7) is 3.92. The molecule has 1 N–H and O–H groups in total. The molecule has 1 aliphatic heterocycles. The van der Waals surface area contributed by atoms with Gasteiger partial charge in [-0.25, -0.2) is 4.98 Å². The summed E-state index contributed by atoms with van der Waals surface area (Å²) in [6, 6.07) is 4.79. The Balaban J connectivity index is 1.54. The Labute approximate surface area is 189 Å². The molecular weight excluding hydrogens is 463 g/mol. The number of halogens is 3. The molecule has 0 radical (unpaired) electrons. The second-order valence-corrected chi connectivity index (χ2v) is 9.09. The molecule has 170 valence electrons. The zero-order valence-electron chi connectivity index (χ0n) is 17.1. The number of anilines is 2. The summed E-state index contributed by atoms with van der Waals surface area (Å²) in [6.07, 6.45) is -2.42. The van der Waals surface area contributed by atoms with Crippen LogP contribution in [0.25, 0.3) is 10.3 Å². The SMILES string of the molecule is CCn1c(SCC(=O)Nc2ccccc2C(F)(F)F)nc2nc(N3CCCC3)sc2c1=O. The van der Waals surface area contributed by atoms with E-state index in [1.54, 1.807) is 6.92 Å². The predicted octanol–water partition coefficient (Wildman–Crippen LogP) is 4.22. The molecule has 1 amide bonds. The molecule has 1 aliphatic rings. The van der Waals surface area contributed by atoms with Gasteiger partial charge in [-0.2, -0.15) is 18.2 Å². The summed E-state index contributed by atoms with van der Waals surface area (Å²) in [5.74, 6) is -0.826. The highest BCUT2D eigenvalue weighted by molar-refractivity contribution is 7.99. The highest BCUT2D eigenvalue weighted by Gasteiger charge is 2.33. The second-order valence-electron chi connectivity index (χ2n) is 7.17. The van der Waals surface area contributed by atoms with Crippen LogP contribution >= 0.6 is 23.1 Å². The van der Waals surface area contributed by atoms with Crippen LogP contribution in [0.3, 0.4) is 0 Å². The Morgan fingerprint density at radius 1 is 1.22 bits per heavy atom. The van der Waals surface area contributed by atoms with Gasteiger partial charge >= 0.3 is 6.18 Å². The Kier molecular flexibility index (Phi) is 6.42. The number of fused-ring (bicyclic) bond motifs is 1. The highest BCUT2D eigenvalue weighted by atomic mass is 32.2. The van der Waals surface area contributed by atoms with Crippen LogP contribution in [-0.2, 0) is 17.5 Å². The fraction of sp³-hybridized carbons (Fsp3) is 0.400. The fourth-order valence-electron chi connectivity index (χ4n) is 3.47. The number of hydrogen-bond donors (Lipinski definition) is 1. The van der Waals surface area contributed by atoms with E-state index in [9.17, 15) is 22.8 Å². The summed E-state index contributed by atoms with van der Waals surface area (Å²) < 4.78 is 41.3. The zero-order chi connectivity index (χ0) is 22.9.